The summed E-state index contributed by atoms with van der Waals surface area (Å²) in [6.45, 7) is 10.6. The summed E-state index contributed by atoms with van der Waals surface area (Å²) in [5.41, 5.74) is 6.04. The van der Waals surface area contributed by atoms with Gasteiger partial charge in [0.05, 0.1) is 0 Å². The van der Waals surface area contributed by atoms with Gasteiger partial charge in [-0.05, 0) is 11.3 Å². The van der Waals surface area contributed by atoms with Gasteiger partial charge in [0.1, 0.15) is 0 Å². The van der Waals surface area contributed by atoms with Crippen LogP contribution in [0.1, 0.15) is 41.0 Å². The van der Waals surface area contributed by atoms with E-state index in [0.29, 0.717) is 11.7 Å². The molecule has 0 heterocycles. The first-order valence-corrected chi connectivity index (χ1v) is 6.86. The molecule has 2 N–H and O–H groups in total. The van der Waals surface area contributed by atoms with Crippen LogP contribution in [0.5, 0.6) is 0 Å². The fraction of sp³-hybridized carbons (Fsp3) is 1.00. The number of nitrogens with two attached hydrogens (primary N) is 1. The van der Waals surface area contributed by atoms with E-state index in [4.69, 9.17) is 5.73 Å². The second-order valence-electron chi connectivity index (χ2n) is 5.26. The van der Waals surface area contributed by atoms with Crippen molar-refractivity contribution in [2.75, 3.05) is 11.5 Å². The summed E-state index contributed by atoms with van der Waals surface area (Å²) >= 11 is 0. The third-order valence-electron chi connectivity index (χ3n) is 2.65. The van der Waals surface area contributed by atoms with Crippen molar-refractivity contribution in [3.63, 3.8) is 0 Å². The maximum absolute atomic E-state index is 11.7. The smallest absolute Gasteiger partial charge is 0.0391 e. The molecule has 0 aliphatic rings. The summed E-state index contributed by atoms with van der Waals surface area (Å²) in [5.74, 6) is 1.97. The molecule has 2 nitrogen and oxygen atoms in total. The second kappa shape index (κ2) is 5.86. The van der Waals surface area contributed by atoms with Crippen molar-refractivity contribution < 1.29 is 4.21 Å². The Labute approximate surface area is 91.1 Å². The quantitative estimate of drug-likeness (QED) is 0.770. The maximum Gasteiger partial charge on any atom is 0.0391 e. The summed E-state index contributed by atoms with van der Waals surface area (Å²) in [6, 6.07) is 0.0346. The van der Waals surface area contributed by atoms with Gasteiger partial charge in [-0.15, -0.1) is 0 Å². The minimum atomic E-state index is -0.752. The van der Waals surface area contributed by atoms with Gasteiger partial charge in [0.25, 0.3) is 0 Å². The van der Waals surface area contributed by atoms with Gasteiger partial charge in [0, 0.05) is 28.3 Å². The van der Waals surface area contributed by atoms with Crippen molar-refractivity contribution in [3.05, 3.63) is 0 Å². The highest BCUT2D eigenvalue weighted by molar-refractivity contribution is 7.85. The van der Waals surface area contributed by atoms with Crippen molar-refractivity contribution in [3.8, 4) is 0 Å². The lowest BCUT2D eigenvalue weighted by molar-refractivity contribution is 0.342. The topological polar surface area (TPSA) is 43.1 Å². The Morgan fingerprint density at radius 3 is 2.14 bits per heavy atom. The summed E-state index contributed by atoms with van der Waals surface area (Å²) in [5, 5.41) is 0. The first-order valence-electron chi connectivity index (χ1n) is 5.38. The highest BCUT2D eigenvalue weighted by atomic mass is 32.2. The third-order valence-corrected chi connectivity index (χ3v) is 4.32. The standard InChI is InChI=1S/C11H25NOS/c1-6-9(2)7-14(13)8-10(12)11(3,4)5/h9-10H,6-8,12H2,1-5H3. The van der Waals surface area contributed by atoms with Crippen LogP contribution in [0.25, 0.3) is 0 Å². The van der Waals surface area contributed by atoms with E-state index in [-0.39, 0.29) is 11.5 Å². The summed E-state index contributed by atoms with van der Waals surface area (Å²) in [6.07, 6.45) is 1.09. The average molecular weight is 219 g/mol. The zero-order chi connectivity index (χ0) is 11.4. The molecule has 0 fully saturated rings. The van der Waals surface area contributed by atoms with Crippen LogP contribution in [0.2, 0.25) is 0 Å². The van der Waals surface area contributed by atoms with Gasteiger partial charge in [0.2, 0.25) is 0 Å². The molecule has 0 radical (unpaired) electrons. The number of hydrogen-bond acceptors (Lipinski definition) is 2. The molecule has 3 atom stereocenters. The maximum atomic E-state index is 11.7. The molecule has 0 aromatic heterocycles. The van der Waals surface area contributed by atoms with Gasteiger partial charge in [-0.25, -0.2) is 0 Å². The molecule has 0 spiro atoms. The van der Waals surface area contributed by atoms with Gasteiger partial charge < -0.3 is 5.73 Å². The predicted molar refractivity (Wildman–Crippen MR) is 64.8 cm³/mol. The molecule has 0 aliphatic carbocycles. The monoisotopic (exact) mass is 219 g/mol. The van der Waals surface area contributed by atoms with E-state index < -0.39 is 10.8 Å². The van der Waals surface area contributed by atoms with E-state index >= 15 is 0 Å². The lowest BCUT2D eigenvalue weighted by atomic mass is 9.89. The first-order chi connectivity index (χ1) is 6.27. The minimum Gasteiger partial charge on any atom is -0.326 e. The Bertz CT molecular complexity index is 186. The molecule has 0 saturated heterocycles. The van der Waals surface area contributed by atoms with Gasteiger partial charge in [-0.3, -0.25) is 4.21 Å². The van der Waals surface area contributed by atoms with Crippen molar-refractivity contribution in [2.45, 2.75) is 47.1 Å². The molecular formula is C11H25NOS. The molecule has 0 amide bonds. The molecule has 0 aromatic rings. The van der Waals surface area contributed by atoms with Crippen LogP contribution < -0.4 is 5.73 Å². The van der Waals surface area contributed by atoms with Crippen molar-refractivity contribution >= 4 is 10.8 Å². The number of rotatable bonds is 5. The van der Waals surface area contributed by atoms with E-state index in [0.717, 1.165) is 12.2 Å². The molecular weight excluding hydrogens is 194 g/mol. The zero-order valence-electron chi connectivity index (χ0n) is 10.2. The van der Waals surface area contributed by atoms with Crippen LogP contribution in [0.4, 0.5) is 0 Å². The van der Waals surface area contributed by atoms with Gasteiger partial charge in [-0.1, -0.05) is 41.0 Å². The summed E-state index contributed by atoms with van der Waals surface area (Å²) < 4.78 is 11.7. The molecule has 86 valence electrons. The van der Waals surface area contributed by atoms with Crippen LogP contribution in [-0.4, -0.2) is 21.8 Å². The molecule has 14 heavy (non-hydrogen) atoms. The Morgan fingerprint density at radius 2 is 1.79 bits per heavy atom. The summed E-state index contributed by atoms with van der Waals surface area (Å²) in [7, 11) is -0.752. The summed E-state index contributed by atoms with van der Waals surface area (Å²) in [4.78, 5) is 0. The molecule has 0 bridgehead atoms. The van der Waals surface area contributed by atoms with Gasteiger partial charge in [-0.2, -0.15) is 0 Å². The van der Waals surface area contributed by atoms with E-state index in [1.165, 1.54) is 0 Å². The molecule has 3 unspecified atom stereocenters. The highest BCUT2D eigenvalue weighted by Crippen LogP contribution is 2.18. The largest absolute Gasteiger partial charge is 0.326 e. The molecule has 0 aromatic carbocycles. The second-order valence-corrected chi connectivity index (χ2v) is 6.81. The van der Waals surface area contributed by atoms with E-state index in [1.54, 1.807) is 0 Å². The van der Waals surface area contributed by atoms with Gasteiger partial charge >= 0.3 is 0 Å². The first kappa shape index (κ1) is 14.1. The van der Waals surface area contributed by atoms with Crippen molar-refractivity contribution in [1.29, 1.82) is 0 Å². The third kappa shape index (κ3) is 5.76. The van der Waals surface area contributed by atoms with Gasteiger partial charge in [0.15, 0.2) is 0 Å². The molecule has 0 saturated carbocycles. The van der Waals surface area contributed by atoms with Crippen LogP contribution in [0.3, 0.4) is 0 Å². The van der Waals surface area contributed by atoms with Crippen molar-refractivity contribution in [1.82, 2.24) is 0 Å². The normalized spacial score (nSPS) is 19.0. The number of hydrogen-bond donors (Lipinski definition) is 1. The molecule has 0 rings (SSSR count). The zero-order valence-corrected chi connectivity index (χ0v) is 11.0. The lowest BCUT2D eigenvalue weighted by Gasteiger charge is -2.26. The van der Waals surface area contributed by atoms with E-state index in [2.05, 4.69) is 34.6 Å². The van der Waals surface area contributed by atoms with Crippen LogP contribution in [0, 0.1) is 11.3 Å². The lowest BCUT2D eigenvalue weighted by Crippen LogP contribution is -2.40. The molecule has 0 aliphatic heterocycles. The Morgan fingerprint density at radius 1 is 1.29 bits per heavy atom. The Balaban J connectivity index is 3.95. The average Bonchev–Trinajstić information content (AvgIpc) is 2.02. The fourth-order valence-electron chi connectivity index (χ4n) is 0.954. The Hall–Kier alpha value is 0.110. The van der Waals surface area contributed by atoms with Crippen molar-refractivity contribution in [2.24, 2.45) is 17.1 Å². The molecule has 3 heteroatoms. The minimum absolute atomic E-state index is 0.0346. The SMILES string of the molecule is CCC(C)CS(=O)CC(N)C(C)(C)C. The van der Waals surface area contributed by atoms with Crippen LogP contribution >= 0.6 is 0 Å². The van der Waals surface area contributed by atoms with E-state index in [9.17, 15) is 4.21 Å². The Kier molecular flexibility index (Phi) is 5.91. The van der Waals surface area contributed by atoms with Crippen LogP contribution in [-0.2, 0) is 10.8 Å². The highest BCUT2D eigenvalue weighted by Gasteiger charge is 2.22. The fourth-order valence-corrected chi connectivity index (χ4v) is 2.86. The van der Waals surface area contributed by atoms with E-state index in [1.807, 2.05) is 0 Å². The van der Waals surface area contributed by atoms with Crippen LogP contribution in [0.15, 0.2) is 0 Å². The predicted octanol–water partition coefficient (Wildman–Crippen LogP) is 2.15.